The monoisotopic (exact) mass is 245 g/mol. The maximum Gasteiger partial charge on any atom is 0.248 e. The molecule has 0 aromatic carbocycles. The Kier molecular flexibility index (Phi) is 10.5. The maximum absolute atomic E-state index is 11.0. The molecule has 0 heterocycles. The molecule has 0 aliphatic carbocycles. The van der Waals surface area contributed by atoms with Gasteiger partial charge in [-0.25, -0.2) is 0 Å². The topological polar surface area (TPSA) is 43.1 Å². The van der Waals surface area contributed by atoms with Crippen LogP contribution < -0.4 is 5.73 Å². The van der Waals surface area contributed by atoms with Gasteiger partial charge in [0, 0.05) is 5.57 Å². The van der Waals surface area contributed by atoms with Gasteiger partial charge in [-0.15, -0.1) is 0 Å². The zero-order chi connectivity index (χ0) is 13.6. The number of unbranched alkanes of at least 4 members (excludes halogenated alkanes) is 1. The zero-order valence-electron chi connectivity index (χ0n) is 11.3. The van der Waals surface area contributed by atoms with Gasteiger partial charge in [-0.3, -0.25) is 4.79 Å². The average molecular weight is 245 g/mol. The minimum absolute atomic E-state index is 0.389. The van der Waals surface area contributed by atoms with Crippen LogP contribution in [0.25, 0.3) is 0 Å². The lowest BCUT2D eigenvalue weighted by Gasteiger charge is -1.92. The Labute approximate surface area is 110 Å². The molecule has 0 bridgehead atoms. The van der Waals surface area contributed by atoms with Gasteiger partial charge >= 0.3 is 0 Å². The van der Waals surface area contributed by atoms with Crippen molar-refractivity contribution in [2.45, 2.75) is 33.1 Å². The number of nitrogens with two attached hydrogens (primary N) is 1. The first-order valence-electron chi connectivity index (χ1n) is 6.38. The van der Waals surface area contributed by atoms with E-state index < -0.39 is 0 Å². The number of carbonyl (C=O) groups is 1. The van der Waals surface area contributed by atoms with Gasteiger partial charge < -0.3 is 5.73 Å². The van der Waals surface area contributed by atoms with E-state index in [0.717, 1.165) is 12.8 Å². The Balaban J connectivity index is 4.14. The van der Waals surface area contributed by atoms with E-state index in [4.69, 9.17) is 5.73 Å². The minimum Gasteiger partial charge on any atom is -0.366 e. The van der Waals surface area contributed by atoms with Crippen LogP contribution in [0.1, 0.15) is 33.1 Å². The predicted molar refractivity (Wildman–Crippen MR) is 79.0 cm³/mol. The summed E-state index contributed by atoms with van der Waals surface area (Å²) in [6.45, 7) is 4.12. The Bertz CT molecular complexity index is 371. The van der Waals surface area contributed by atoms with Crippen molar-refractivity contribution in [1.29, 1.82) is 0 Å². The van der Waals surface area contributed by atoms with Crippen LogP contribution in [0.5, 0.6) is 0 Å². The van der Waals surface area contributed by atoms with Crippen molar-refractivity contribution in [3.8, 4) is 0 Å². The molecule has 0 aromatic rings. The van der Waals surface area contributed by atoms with Gasteiger partial charge in [0.05, 0.1) is 0 Å². The number of primary amides is 1. The lowest BCUT2D eigenvalue weighted by Crippen LogP contribution is -2.12. The highest BCUT2D eigenvalue weighted by Crippen LogP contribution is 1.98. The fraction of sp³-hybridized carbons (Fsp3) is 0.312. The van der Waals surface area contributed by atoms with Crippen molar-refractivity contribution >= 4 is 5.91 Å². The summed E-state index contributed by atoms with van der Waals surface area (Å²) < 4.78 is 0. The van der Waals surface area contributed by atoms with Crippen LogP contribution >= 0.6 is 0 Å². The van der Waals surface area contributed by atoms with E-state index in [9.17, 15) is 4.79 Å². The van der Waals surface area contributed by atoms with Crippen LogP contribution in [-0.2, 0) is 4.79 Å². The van der Waals surface area contributed by atoms with Gasteiger partial charge in [0.15, 0.2) is 0 Å². The Morgan fingerprint density at radius 1 is 1.00 bits per heavy atom. The summed E-state index contributed by atoms with van der Waals surface area (Å²) in [5, 5.41) is 0. The molecule has 0 aliphatic heterocycles. The molecule has 0 aromatic heterocycles. The molecule has 0 aliphatic rings. The van der Waals surface area contributed by atoms with Crippen molar-refractivity contribution in [3.05, 3.63) is 60.3 Å². The molecule has 98 valence electrons. The molecule has 2 nitrogen and oxygen atoms in total. The minimum atomic E-state index is -0.389. The van der Waals surface area contributed by atoms with E-state index in [-0.39, 0.29) is 5.91 Å². The number of hydrogen-bond donors (Lipinski definition) is 1. The molecular weight excluding hydrogens is 222 g/mol. The molecular formula is C16H23NO. The van der Waals surface area contributed by atoms with Gasteiger partial charge in [-0.2, -0.15) is 0 Å². The second-order valence-electron chi connectivity index (χ2n) is 3.78. The largest absolute Gasteiger partial charge is 0.366 e. The summed E-state index contributed by atoms with van der Waals surface area (Å²) in [6, 6.07) is 0. The number of rotatable bonds is 8. The normalized spacial score (nSPS) is 13.6. The zero-order valence-corrected chi connectivity index (χ0v) is 11.3. The predicted octanol–water partition coefficient (Wildman–Crippen LogP) is 3.83. The van der Waals surface area contributed by atoms with E-state index in [0.29, 0.717) is 5.57 Å². The van der Waals surface area contributed by atoms with E-state index in [1.165, 1.54) is 6.42 Å². The molecule has 1 amide bonds. The molecule has 0 unspecified atom stereocenters. The van der Waals surface area contributed by atoms with Gasteiger partial charge in [-0.1, -0.05) is 68.9 Å². The Morgan fingerprint density at radius 2 is 1.61 bits per heavy atom. The third-order valence-corrected chi connectivity index (χ3v) is 2.13. The van der Waals surface area contributed by atoms with Crippen molar-refractivity contribution < 1.29 is 4.79 Å². The summed E-state index contributed by atoms with van der Waals surface area (Å²) in [6.07, 6.45) is 20.3. The third-order valence-electron chi connectivity index (χ3n) is 2.13. The average Bonchev–Trinajstić information content (AvgIpc) is 2.35. The lowest BCUT2D eigenvalue weighted by atomic mass is 10.2. The molecule has 18 heavy (non-hydrogen) atoms. The molecule has 0 saturated heterocycles. The van der Waals surface area contributed by atoms with Crippen molar-refractivity contribution in [3.63, 3.8) is 0 Å². The number of carbonyl (C=O) groups excluding carboxylic acids is 1. The Morgan fingerprint density at radius 3 is 2.17 bits per heavy atom. The molecule has 0 rings (SSSR count). The van der Waals surface area contributed by atoms with E-state index >= 15 is 0 Å². The molecule has 2 N–H and O–H groups in total. The van der Waals surface area contributed by atoms with Crippen molar-refractivity contribution in [2.24, 2.45) is 5.73 Å². The van der Waals surface area contributed by atoms with Crippen LogP contribution in [-0.4, -0.2) is 5.91 Å². The van der Waals surface area contributed by atoms with Crippen LogP contribution in [0, 0.1) is 0 Å². The van der Waals surface area contributed by atoms with Gasteiger partial charge in [0.2, 0.25) is 5.91 Å². The first-order valence-corrected chi connectivity index (χ1v) is 6.38. The molecule has 0 saturated carbocycles. The second-order valence-corrected chi connectivity index (χ2v) is 3.78. The van der Waals surface area contributed by atoms with Crippen LogP contribution in [0.15, 0.2) is 60.3 Å². The number of hydrogen-bond acceptors (Lipinski definition) is 1. The molecule has 0 radical (unpaired) electrons. The van der Waals surface area contributed by atoms with Gasteiger partial charge in [0.25, 0.3) is 0 Å². The summed E-state index contributed by atoms with van der Waals surface area (Å²) in [5.74, 6) is -0.389. The van der Waals surface area contributed by atoms with Gasteiger partial charge in [-0.05, 0) is 18.9 Å². The standard InChI is InChI=1S/C16H23NO/c1-3-5-6-7-8-9-10-11-12-14-15(13-4-2)16(17)18/h6-14H,3-5H2,1-2H3,(H2,17,18). The molecule has 0 atom stereocenters. The summed E-state index contributed by atoms with van der Waals surface area (Å²) in [4.78, 5) is 11.0. The van der Waals surface area contributed by atoms with E-state index in [1.54, 1.807) is 6.08 Å². The summed E-state index contributed by atoms with van der Waals surface area (Å²) in [7, 11) is 0. The molecule has 2 heteroatoms. The van der Waals surface area contributed by atoms with Crippen LogP contribution in [0.3, 0.4) is 0 Å². The van der Waals surface area contributed by atoms with Crippen LogP contribution in [0.4, 0.5) is 0 Å². The molecule has 0 fully saturated rings. The maximum atomic E-state index is 11.0. The third kappa shape index (κ3) is 9.40. The molecule has 0 spiro atoms. The Hall–Kier alpha value is -1.83. The highest BCUT2D eigenvalue weighted by molar-refractivity contribution is 5.94. The van der Waals surface area contributed by atoms with Crippen molar-refractivity contribution in [2.75, 3.05) is 0 Å². The summed E-state index contributed by atoms with van der Waals surface area (Å²) >= 11 is 0. The second kappa shape index (κ2) is 11.6. The summed E-state index contributed by atoms with van der Waals surface area (Å²) in [5.41, 5.74) is 5.78. The van der Waals surface area contributed by atoms with E-state index in [2.05, 4.69) is 13.0 Å². The SMILES string of the molecule is CCC=C(C=CC=CC=CC=CCCC)C(N)=O. The highest BCUT2D eigenvalue weighted by atomic mass is 16.1. The lowest BCUT2D eigenvalue weighted by molar-refractivity contribution is -0.114. The number of amides is 1. The highest BCUT2D eigenvalue weighted by Gasteiger charge is 1.96. The number of allylic oxidation sites excluding steroid dienone is 8. The fourth-order valence-electron chi connectivity index (χ4n) is 1.23. The van der Waals surface area contributed by atoms with E-state index in [1.807, 2.05) is 49.5 Å². The quantitative estimate of drug-likeness (QED) is 0.512. The first kappa shape index (κ1) is 16.2. The smallest absolute Gasteiger partial charge is 0.248 e. The van der Waals surface area contributed by atoms with Gasteiger partial charge in [0.1, 0.15) is 0 Å². The van der Waals surface area contributed by atoms with Crippen LogP contribution in [0.2, 0.25) is 0 Å². The van der Waals surface area contributed by atoms with Crippen molar-refractivity contribution in [1.82, 2.24) is 0 Å². The first-order chi connectivity index (χ1) is 8.72. The fourth-order valence-corrected chi connectivity index (χ4v) is 1.23.